The van der Waals surface area contributed by atoms with Crippen LogP contribution in [0, 0.1) is 0 Å². The summed E-state index contributed by atoms with van der Waals surface area (Å²) in [4.78, 5) is 19.9. The molecule has 0 aliphatic carbocycles. The number of H-pyrrole nitrogens is 1. The first-order valence-electron chi connectivity index (χ1n) is 8.11. The molecule has 0 saturated heterocycles. The number of aryl methyl sites for hydroxylation is 1. The number of nitrogens with zero attached hydrogens (tertiary/aromatic N) is 1. The van der Waals surface area contributed by atoms with Crippen LogP contribution in [0.3, 0.4) is 0 Å². The Hall–Kier alpha value is -2.27. The molecule has 4 nitrogen and oxygen atoms in total. The van der Waals surface area contributed by atoms with E-state index in [1.54, 1.807) is 0 Å². The number of rotatable bonds is 6. The maximum Gasteiger partial charge on any atom is 0.230 e. The predicted octanol–water partition coefficient (Wildman–Crippen LogP) is 4.09. The number of nitrogens with one attached hydrogen (secondary N) is 2. The number of fused-ring (bicyclic) bond motifs is 1. The van der Waals surface area contributed by atoms with Gasteiger partial charge in [-0.05, 0) is 36.6 Å². The van der Waals surface area contributed by atoms with E-state index in [0.29, 0.717) is 5.75 Å². The number of benzene rings is 2. The van der Waals surface area contributed by atoms with Gasteiger partial charge in [-0.25, -0.2) is 4.98 Å². The second kappa shape index (κ2) is 7.53. The van der Waals surface area contributed by atoms with E-state index in [1.165, 1.54) is 17.3 Å². The van der Waals surface area contributed by atoms with Crippen LogP contribution in [0.25, 0.3) is 11.0 Å². The molecule has 2 N–H and O–H groups in total. The van der Waals surface area contributed by atoms with Crippen molar-refractivity contribution in [2.24, 2.45) is 0 Å². The van der Waals surface area contributed by atoms with Crippen LogP contribution in [0.4, 0.5) is 0 Å². The first kappa shape index (κ1) is 16.6. The average molecular weight is 339 g/mol. The zero-order valence-electron chi connectivity index (χ0n) is 13.9. The topological polar surface area (TPSA) is 57.8 Å². The number of aromatic amines is 1. The summed E-state index contributed by atoms with van der Waals surface area (Å²) in [6.07, 6.45) is 1.02. The van der Waals surface area contributed by atoms with E-state index in [0.717, 1.165) is 28.2 Å². The molecule has 1 heterocycles. The molecule has 3 rings (SSSR count). The molecule has 0 aliphatic rings. The Morgan fingerprint density at radius 1 is 1.21 bits per heavy atom. The lowest BCUT2D eigenvalue weighted by Crippen LogP contribution is -2.28. The van der Waals surface area contributed by atoms with E-state index in [1.807, 2.05) is 31.2 Å². The number of hydrogen-bond acceptors (Lipinski definition) is 3. The van der Waals surface area contributed by atoms with Crippen molar-refractivity contribution in [1.82, 2.24) is 15.3 Å². The van der Waals surface area contributed by atoms with Gasteiger partial charge in [0.25, 0.3) is 0 Å². The smallest absolute Gasteiger partial charge is 0.230 e. The number of thioether (sulfide) groups is 1. The van der Waals surface area contributed by atoms with Gasteiger partial charge in [-0.1, -0.05) is 55.1 Å². The standard InChI is InChI=1S/C19H21N3OS/c1-3-14-8-10-15(11-9-14)13(2)20-18(23)12-24-19-21-16-6-4-5-7-17(16)22-19/h4-11,13H,3,12H2,1-2H3,(H,20,23)(H,21,22). The Morgan fingerprint density at radius 3 is 2.67 bits per heavy atom. The van der Waals surface area contributed by atoms with Gasteiger partial charge < -0.3 is 10.3 Å². The molecule has 3 aromatic rings. The van der Waals surface area contributed by atoms with E-state index < -0.39 is 0 Å². The van der Waals surface area contributed by atoms with Crippen LogP contribution in [-0.2, 0) is 11.2 Å². The quantitative estimate of drug-likeness (QED) is 0.665. The Kier molecular flexibility index (Phi) is 5.20. The minimum absolute atomic E-state index is 0.000297. The summed E-state index contributed by atoms with van der Waals surface area (Å²) < 4.78 is 0. The number of carbonyl (C=O) groups excluding carboxylic acids is 1. The lowest BCUT2D eigenvalue weighted by Gasteiger charge is -2.14. The predicted molar refractivity (Wildman–Crippen MR) is 99.2 cm³/mol. The highest BCUT2D eigenvalue weighted by Crippen LogP contribution is 2.19. The minimum atomic E-state index is -0.000297. The van der Waals surface area contributed by atoms with Crippen LogP contribution < -0.4 is 5.32 Å². The molecule has 0 fully saturated rings. The molecule has 0 spiro atoms. The molecular formula is C19H21N3OS. The van der Waals surface area contributed by atoms with E-state index >= 15 is 0 Å². The second-order valence-electron chi connectivity index (χ2n) is 5.73. The summed E-state index contributed by atoms with van der Waals surface area (Å²) in [6, 6.07) is 16.2. The third-order valence-electron chi connectivity index (χ3n) is 3.97. The normalized spacial score (nSPS) is 12.2. The van der Waals surface area contributed by atoms with Crippen molar-refractivity contribution in [3.05, 3.63) is 59.7 Å². The summed E-state index contributed by atoms with van der Waals surface area (Å²) in [5.74, 6) is 0.351. The Labute approximate surface area is 146 Å². The van der Waals surface area contributed by atoms with Crippen molar-refractivity contribution in [2.75, 3.05) is 5.75 Å². The number of para-hydroxylation sites is 2. The van der Waals surface area contributed by atoms with Crippen LogP contribution in [0.15, 0.2) is 53.7 Å². The van der Waals surface area contributed by atoms with Crippen molar-refractivity contribution in [1.29, 1.82) is 0 Å². The largest absolute Gasteiger partial charge is 0.349 e. The molecule has 1 atom stereocenters. The fraction of sp³-hybridized carbons (Fsp3) is 0.263. The van der Waals surface area contributed by atoms with E-state index in [4.69, 9.17) is 0 Å². The summed E-state index contributed by atoms with van der Waals surface area (Å²) in [5, 5.41) is 3.81. The zero-order valence-corrected chi connectivity index (χ0v) is 14.7. The first-order valence-corrected chi connectivity index (χ1v) is 9.10. The minimum Gasteiger partial charge on any atom is -0.349 e. The van der Waals surface area contributed by atoms with Crippen molar-refractivity contribution < 1.29 is 4.79 Å². The molecular weight excluding hydrogens is 318 g/mol. The Balaban J connectivity index is 1.54. The van der Waals surface area contributed by atoms with Crippen LogP contribution >= 0.6 is 11.8 Å². The SMILES string of the molecule is CCc1ccc(C(C)NC(=O)CSc2nc3ccccc3[nH]2)cc1. The third kappa shape index (κ3) is 3.97. The molecule has 0 saturated carbocycles. The lowest BCUT2D eigenvalue weighted by molar-refractivity contribution is -0.119. The van der Waals surface area contributed by atoms with Crippen molar-refractivity contribution >= 4 is 28.7 Å². The molecule has 5 heteroatoms. The maximum absolute atomic E-state index is 12.2. The molecule has 1 unspecified atom stereocenters. The fourth-order valence-electron chi connectivity index (χ4n) is 2.54. The van der Waals surface area contributed by atoms with Gasteiger partial charge in [0.2, 0.25) is 5.91 Å². The highest BCUT2D eigenvalue weighted by atomic mass is 32.2. The summed E-state index contributed by atoms with van der Waals surface area (Å²) in [5.41, 5.74) is 4.33. The van der Waals surface area contributed by atoms with E-state index in [9.17, 15) is 4.79 Å². The van der Waals surface area contributed by atoms with E-state index in [-0.39, 0.29) is 11.9 Å². The Morgan fingerprint density at radius 2 is 1.96 bits per heavy atom. The summed E-state index contributed by atoms with van der Waals surface area (Å²) in [6.45, 7) is 4.14. The van der Waals surface area contributed by atoms with Gasteiger partial charge >= 0.3 is 0 Å². The zero-order chi connectivity index (χ0) is 16.9. The van der Waals surface area contributed by atoms with Crippen molar-refractivity contribution in [3.8, 4) is 0 Å². The maximum atomic E-state index is 12.2. The van der Waals surface area contributed by atoms with Crippen LogP contribution in [0.2, 0.25) is 0 Å². The van der Waals surface area contributed by atoms with Crippen molar-refractivity contribution in [2.45, 2.75) is 31.5 Å². The highest BCUT2D eigenvalue weighted by molar-refractivity contribution is 7.99. The van der Waals surface area contributed by atoms with Gasteiger partial charge in [0.05, 0.1) is 22.8 Å². The average Bonchev–Trinajstić information content (AvgIpc) is 3.03. The molecule has 1 amide bonds. The number of aromatic nitrogens is 2. The van der Waals surface area contributed by atoms with Gasteiger partial charge in [0.1, 0.15) is 0 Å². The summed E-state index contributed by atoms with van der Waals surface area (Å²) in [7, 11) is 0. The molecule has 2 aromatic carbocycles. The van der Waals surface area contributed by atoms with Gasteiger partial charge in [0.15, 0.2) is 5.16 Å². The van der Waals surface area contributed by atoms with Gasteiger partial charge in [0, 0.05) is 0 Å². The van der Waals surface area contributed by atoms with Crippen LogP contribution in [0.1, 0.15) is 31.0 Å². The lowest BCUT2D eigenvalue weighted by atomic mass is 10.1. The van der Waals surface area contributed by atoms with Crippen LogP contribution in [0.5, 0.6) is 0 Å². The second-order valence-corrected chi connectivity index (χ2v) is 6.70. The Bertz CT molecular complexity index is 793. The molecule has 124 valence electrons. The molecule has 0 aliphatic heterocycles. The van der Waals surface area contributed by atoms with Crippen LogP contribution in [-0.4, -0.2) is 21.6 Å². The monoisotopic (exact) mass is 339 g/mol. The van der Waals surface area contributed by atoms with E-state index in [2.05, 4.69) is 46.5 Å². The number of hydrogen-bond donors (Lipinski definition) is 2. The number of imidazole rings is 1. The number of amides is 1. The summed E-state index contributed by atoms with van der Waals surface area (Å²) >= 11 is 1.42. The van der Waals surface area contributed by atoms with Gasteiger partial charge in [-0.2, -0.15) is 0 Å². The molecule has 1 aromatic heterocycles. The first-order chi connectivity index (χ1) is 11.7. The van der Waals surface area contributed by atoms with Crippen molar-refractivity contribution in [3.63, 3.8) is 0 Å². The number of carbonyl (C=O) groups is 1. The fourth-order valence-corrected chi connectivity index (χ4v) is 3.24. The third-order valence-corrected chi connectivity index (χ3v) is 4.85. The molecule has 0 bridgehead atoms. The van der Waals surface area contributed by atoms with Gasteiger partial charge in [-0.15, -0.1) is 0 Å². The highest BCUT2D eigenvalue weighted by Gasteiger charge is 2.11. The van der Waals surface area contributed by atoms with Gasteiger partial charge in [-0.3, -0.25) is 4.79 Å². The molecule has 0 radical (unpaired) electrons. The molecule has 24 heavy (non-hydrogen) atoms.